The fourth-order valence-corrected chi connectivity index (χ4v) is 6.28. The number of amides is 1. The third-order valence-corrected chi connectivity index (χ3v) is 8.40. The van der Waals surface area contributed by atoms with Crippen molar-refractivity contribution < 1.29 is 13.2 Å². The Morgan fingerprint density at radius 3 is 2.61 bits per heavy atom. The predicted octanol–water partition coefficient (Wildman–Crippen LogP) is 2.81. The van der Waals surface area contributed by atoms with Crippen LogP contribution in [0, 0.1) is 0 Å². The summed E-state index contributed by atoms with van der Waals surface area (Å²) in [6.45, 7) is 1.45. The van der Waals surface area contributed by atoms with E-state index >= 15 is 0 Å². The van der Waals surface area contributed by atoms with E-state index in [4.69, 9.17) is 11.6 Å². The number of carbonyl (C=O) groups excluding carboxylic acids is 1. The third-order valence-electron chi connectivity index (χ3n) is 6.27. The van der Waals surface area contributed by atoms with Crippen LogP contribution in [0.3, 0.4) is 0 Å². The zero-order valence-electron chi connectivity index (χ0n) is 17.9. The molecule has 5 rings (SSSR count). The second-order valence-corrected chi connectivity index (χ2v) is 10.8. The van der Waals surface area contributed by atoms with Crippen molar-refractivity contribution in [1.29, 1.82) is 0 Å². The molecule has 10 heteroatoms. The molecule has 2 aliphatic rings. The standard InChI is InChI=1S/C23H23ClN4O4S/c24-17-5-7-19-20(13-17)25-15-26(23(19)30)14-22(29)28-11-3-4-16-12-18(6-8-21(16)28)33(31,32)27-9-1-2-10-27/h5-8,12-13,15H,1-4,9-11,14H2. The van der Waals surface area contributed by atoms with Crippen molar-refractivity contribution in [1.82, 2.24) is 13.9 Å². The first kappa shape index (κ1) is 22.1. The van der Waals surface area contributed by atoms with Gasteiger partial charge in [0.25, 0.3) is 5.56 Å². The van der Waals surface area contributed by atoms with Gasteiger partial charge in [-0.3, -0.25) is 14.2 Å². The monoisotopic (exact) mass is 486 g/mol. The second-order valence-electron chi connectivity index (χ2n) is 8.39. The van der Waals surface area contributed by atoms with Gasteiger partial charge in [0.15, 0.2) is 0 Å². The highest BCUT2D eigenvalue weighted by molar-refractivity contribution is 7.89. The molecule has 33 heavy (non-hydrogen) atoms. The normalized spacial score (nSPS) is 16.8. The molecule has 1 aromatic heterocycles. The lowest BCUT2D eigenvalue weighted by molar-refractivity contribution is -0.119. The molecule has 2 aromatic carbocycles. The summed E-state index contributed by atoms with van der Waals surface area (Å²) in [7, 11) is -3.52. The van der Waals surface area contributed by atoms with Crippen molar-refractivity contribution in [2.45, 2.75) is 37.1 Å². The van der Waals surface area contributed by atoms with Crippen molar-refractivity contribution in [3.63, 3.8) is 0 Å². The number of fused-ring (bicyclic) bond motifs is 2. The summed E-state index contributed by atoms with van der Waals surface area (Å²) in [5.74, 6) is -0.247. The van der Waals surface area contributed by atoms with Gasteiger partial charge in [0.2, 0.25) is 15.9 Å². The number of hydrogen-bond acceptors (Lipinski definition) is 5. The summed E-state index contributed by atoms with van der Waals surface area (Å²) < 4.78 is 28.7. The molecule has 172 valence electrons. The summed E-state index contributed by atoms with van der Waals surface area (Å²) >= 11 is 5.97. The predicted molar refractivity (Wildman–Crippen MR) is 126 cm³/mol. The number of aryl methyl sites for hydroxylation is 1. The van der Waals surface area contributed by atoms with Crippen LogP contribution >= 0.6 is 11.6 Å². The summed E-state index contributed by atoms with van der Waals surface area (Å²) in [5.41, 5.74) is 1.69. The number of aromatic nitrogens is 2. The van der Waals surface area contributed by atoms with Crippen molar-refractivity contribution in [3.05, 3.63) is 63.7 Å². The molecule has 0 saturated carbocycles. The van der Waals surface area contributed by atoms with Gasteiger partial charge in [-0.1, -0.05) is 11.6 Å². The van der Waals surface area contributed by atoms with Gasteiger partial charge in [-0.15, -0.1) is 0 Å². The zero-order chi connectivity index (χ0) is 23.2. The number of sulfonamides is 1. The Balaban J connectivity index is 1.42. The van der Waals surface area contributed by atoms with E-state index in [1.165, 1.54) is 15.2 Å². The molecule has 0 unspecified atom stereocenters. The van der Waals surface area contributed by atoms with Gasteiger partial charge < -0.3 is 4.90 Å². The number of halogens is 1. The Hall–Kier alpha value is -2.75. The average molecular weight is 487 g/mol. The number of anilines is 1. The maximum Gasteiger partial charge on any atom is 0.261 e. The first-order valence-corrected chi connectivity index (χ1v) is 12.7. The molecule has 1 fully saturated rings. The maximum absolute atomic E-state index is 13.2. The fourth-order valence-electron chi connectivity index (χ4n) is 4.55. The Bertz CT molecular complexity index is 1410. The van der Waals surface area contributed by atoms with Crippen LogP contribution in [0.15, 0.2) is 52.4 Å². The van der Waals surface area contributed by atoms with Crippen LogP contribution < -0.4 is 10.5 Å². The minimum atomic E-state index is -3.52. The molecule has 0 atom stereocenters. The van der Waals surface area contributed by atoms with Gasteiger partial charge >= 0.3 is 0 Å². The van der Waals surface area contributed by atoms with Gasteiger partial charge in [-0.25, -0.2) is 13.4 Å². The van der Waals surface area contributed by atoms with E-state index < -0.39 is 10.0 Å². The molecule has 3 heterocycles. The number of hydrogen-bond donors (Lipinski definition) is 0. The molecule has 2 aliphatic heterocycles. The van der Waals surface area contributed by atoms with Gasteiger partial charge in [-0.2, -0.15) is 4.31 Å². The first-order chi connectivity index (χ1) is 15.8. The van der Waals surface area contributed by atoms with E-state index in [0.717, 1.165) is 24.8 Å². The van der Waals surface area contributed by atoms with Gasteiger partial charge in [0.05, 0.1) is 22.1 Å². The molecule has 1 amide bonds. The van der Waals surface area contributed by atoms with Crippen LogP contribution in [-0.2, 0) is 27.8 Å². The van der Waals surface area contributed by atoms with Crippen LogP contribution in [-0.4, -0.2) is 47.8 Å². The SMILES string of the molecule is O=C(Cn1cnc2cc(Cl)ccc2c1=O)N1CCCc2cc(S(=O)(=O)N3CCCC3)ccc21. The highest BCUT2D eigenvalue weighted by Gasteiger charge is 2.30. The Kier molecular flexibility index (Phi) is 5.72. The number of benzene rings is 2. The van der Waals surface area contributed by atoms with Gasteiger partial charge in [0.1, 0.15) is 6.54 Å². The lowest BCUT2D eigenvalue weighted by Gasteiger charge is -2.30. The van der Waals surface area contributed by atoms with E-state index in [9.17, 15) is 18.0 Å². The molecule has 0 spiro atoms. The van der Waals surface area contributed by atoms with E-state index in [0.29, 0.717) is 47.7 Å². The van der Waals surface area contributed by atoms with E-state index in [-0.39, 0.29) is 22.9 Å². The van der Waals surface area contributed by atoms with Crippen LogP contribution in [0.25, 0.3) is 10.9 Å². The summed E-state index contributed by atoms with van der Waals surface area (Å²) in [6, 6.07) is 9.81. The molecule has 0 aliphatic carbocycles. The second kappa shape index (κ2) is 8.55. The molecule has 3 aromatic rings. The topological polar surface area (TPSA) is 92.6 Å². The van der Waals surface area contributed by atoms with E-state index in [1.807, 2.05) is 0 Å². The van der Waals surface area contributed by atoms with Crippen LogP contribution in [0.2, 0.25) is 5.02 Å². The largest absolute Gasteiger partial charge is 0.311 e. The molecule has 0 N–H and O–H groups in total. The van der Waals surface area contributed by atoms with E-state index in [1.54, 1.807) is 41.3 Å². The zero-order valence-corrected chi connectivity index (χ0v) is 19.5. The van der Waals surface area contributed by atoms with Gasteiger partial charge in [0, 0.05) is 30.3 Å². The molecule has 8 nitrogen and oxygen atoms in total. The first-order valence-electron chi connectivity index (χ1n) is 10.9. The van der Waals surface area contributed by atoms with Crippen LogP contribution in [0.5, 0.6) is 0 Å². The Morgan fingerprint density at radius 2 is 1.82 bits per heavy atom. The molecular formula is C23H23ClN4O4S. The van der Waals surface area contributed by atoms with Crippen molar-refractivity contribution in [3.8, 4) is 0 Å². The van der Waals surface area contributed by atoms with Crippen molar-refractivity contribution in [2.24, 2.45) is 0 Å². The quantitative estimate of drug-likeness (QED) is 0.565. The lowest BCUT2D eigenvalue weighted by atomic mass is 10.0. The Labute approximate surface area is 196 Å². The third kappa shape index (κ3) is 4.05. The van der Waals surface area contributed by atoms with Crippen molar-refractivity contribution in [2.75, 3.05) is 24.5 Å². The Morgan fingerprint density at radius 1 is 1.03 bits per heavy atom. The van der Waals surface area contributed by atoms with Crippen molar-refractivity contribution >= 4 is 44.1 Å². The number of carbonyl (C=O) groups is 1. The maximum atomic E-state index is 13.2. The minimum Gasteiger partial charge on any atom is -0.311 e. The molecule has 0 radical (unpaired) electrons. The summed E-state index contributed by atoms with van der Waals surface area (Å²) in [6.07, 6.45) is 4.52. The number of rotatable bonds is 4. The lowest BCUT2D eigenvalue weighted by Crippen LogP contribution is -2.39. The highest BCUT2D eigenvalue weighted by atomic mass is 35.5. The smallest absolute Gasteiger partial charge is 0.261 e. The fraction of sp³-hybridized carbons (Fsp3) is 0.348. The molecular weight excluding hydrogens is 464 g/mol. The summed E-state index contributed by atoms with van der Waals surface area (Å²) in [4.78, 5) is 32.1. The molecule has 1 saturated heterocycles. The van der Waals surface area contributed by atoms with Gasteiger partial charge in [-0.05, 0) is 67.6 Å². The summed E-state index contributed by atoms with van der Waals surface area (Å²) in [5, 5.41) is 0.879. The average Bonchev–Trinajstić information content (AvgIpc) is 3.36. The highest BCUT2D eigenvalue weighted by Crippen LogP contribution is 2.31. The number of nitrogens with zero attached hydrogens (tertiary/aromatic N) is 4. The minimum absolute atomic E-state index is 0.155. The van der Waals surface area contributed by atoms with E-state index in [2.05, 4.69) is 4.98 Å². The van der Waals surface area contributed by atoms with Crippen LogP contribution in [0.1, 0.15) is 24.8 Å². The molecule has 0 bridgehead atoms. The van der Waals surface area contributed by atoms with Crippen LogP contribution in [0.4, 0.5) is 5.69 Å².